The maximum atomic E-state index is 12.9. The molecule has 0 amide bonds. The van der Waals surface area contributed by atoms with Crippen molar-refractivity contribution in [3.63, 3.8) is 0 Å². The van der Waals surface area contributed by atoms with Gasteiger partial charge in [0.05, 0.1) is 0 Å². The summed E-state index contributed by atoms with van der Waals surface area (Å²) in [7, 11) is 0. The molecular weight excluding hydrogens is 1020 g/mol. The minimum absolute atomic E-state index is 0.100. The molecule has 0 saturated carbocycles. The topological polar surface area (TPSA) is 78.9 Å². The smallest absolute Gasteiger partial charge is 0.306 e. The van der Waals surface area contributed by atoms with Crippen LogP contribution in [0.3, 0.4) is 0 Å². The van der Waals surface area contributed by atoms with E-state index in [1.165, 1.54) is 103 Å². The van der Waals surface area contributed by atoms with E-state index in [-0.39, 0.29) is 31.1 Å². The summed E-state index contributed by atoms with van der Waals surface area (Å²) in [6.45, 7) is 6.39. The summed E-state index contributed by atoms with van der Waals surface area (Å²) < 4.78 is 16.9. The molecule has 0 saturated heterocycles. The van der Waals surface area contributed by atoms with Crippen LogP contribution in [0.5, 0.6) is 0 Å². The molecular formula is C77H126O6. The fraction of sp³-hybridized carbons (Fsp3) is 0.649. The minimum Gasteiger partial charge on any atom is -0.462 e. The van der Waals surface area contributed by atoms with Crippen LogP contribution in [-0.4, -0.2) is 37.2 Å². The Morgan fingerprint density at radius 1 is 0.253 bits per heavy atom. The molecule has 0 spiro atoms. The van der Waals surface area contributed by atoms with Gasteiger partial charge in [0.25, 0.3) is 0 Å². The van der Waals surface area contributed by atoms with Gasteiger partial charge in [-0.15, -0.1) is 0 Å². The maximum Gasteiger partial charge on any atom is 0.306 e. The van der Waals surface area contributed by atoms with Crippen molar-refractivity contribution in [1.82, 2.24) is 0 Å². The second-order valence-corrected chi connectivity index (χ2v) is 22.3. The Morgan fingerprint density at radius 2 is 0.470 bits per heavy atom. The zero-order valence-corrected chi connectivity index (χ0v) is 53.9. The Morgan fingerprint density at radius 3 is 0.747 bits per heavy atom. The molecule has 0 rings (SSSR count). The van der Waals surface area contributed by atoms with Crippen LogP contribution in [0.25, 0.3) is 0 Å². The molecule has 1 atom stereocenters. The molecule has 83 heavy (non-hydrogen) atoms. The molecule has 0 aromatic heterocycles. The fourth-order valence-corrected chi connectivity index (χ4v) is 9.23. The van der Waals surface area contributed by atoms with Crippen molar-refractivity contribution in [3.05, 3.63) is 146 Å². The van der Waals surface area contributed by atoms with E-state index in [2.05, 4.69) is 167 Å². The van der Waals surface area contributed by atoms with Crippen LogP contribution >= 0.6 is 0 Å². The predicted octanol–water partition coefficient (Wildman–Crippen LogP) is 23.9. The van der Waals surface area contributed by atoms with E-state index in [1.807, 2.05) is 0 Å². The summed E-state index contributed by atoms with van der Waals surface area (Å²) in [4.78, 5) is 38.4. The molecule has 1 unspecified atom stereocenters. The van der Waals surface area contributed by atoms with Gasteiger partial charge in [0.2, 0.25) is 0 Å². The maximum absolute atomic E-state index is 12.9. The monoisotopic (exact) mass is 1150 g/mol. The number of ether oxygens (including phenoxy) is 3. The molecule has 0 N–H and O–H groups in total. The van der Waals surface area contributed by atoms with Crippen molar-refractivity contribution in [2.45, 2.75) is 309 Å². The largest absolute Gasteiger partial charge is 0.462 e. The number of rotatable bonds is 61. The van der Waals surface area contributed by atoms with E-state index in [1.54, 1.807) is 0 Å². The summed E-state index contributed by atoms with van der Waals surface area (Å²) in [6.07, 6.45) is 100. The highest BCUT2D eigenvalue weighted by atomic mass is 16.6. The van der Waals surface area contributed by atoms with Crippen LogP contribution in [0.4, 0.5) is 0 Å². The second kappa shape index (κ2) is 69.8. The van der Waals surface area contributed by atoms with Gasteiger partial charge in [-0.2, -0.15) is 0 Å². The van der Waals surface area contributed by atoms with E-state index < -0.39 is 6.10 Å². The van der Waals surface area contributed by atoms with E-state index >= 15 is 0 Å². The molecule has 0 aliphatic heterocycles. The first kappa shape index (κ1) is 78.3. The van der Waals surface area contributed by atoms with Crippen LogP contribution in [0, 0.1) is 0 Å². The predicted molar refractivity (Wildman–Crippen MR) is 362 cm³/mol. The lowest BCUT2D eigenvalue weighted by Gasteiger charge is -2.18. The molecule has 0 aliphatic rings. The van der Waals surface area contributed by atoms with Gasteiger partial charge in [-0.25, -0.2) is 0 Å². The van der Waals surface area contributed by atoms with E-state index in [9.17, 15) is 14.4 Å². The number of unbranched alkanes of at least 4 members (excludes halogenated alkanes) is 26. The summed E-state index contributed by atoms with van der Waals surface area (Å²) in [5.41, 5.74) is 0. The van der Waals surface area contributed by atoms with Crippen LogP contribution in [-0.2, 0) is 28.6 Å². The Balaban J connectivity index is 4.43. The van der Waals surface area contributed by atoms with Crippen LogP contribution in [0.1, 0.15) is 303 Å². The normalized spacial score (nSPS) is 13.0. The minimum atomic E-state index is -0.805. The lowest BCUT2D eigenvalue weighted by atomic mass is 10.1. The lowest BCUT2D eigenvalue weighted by molar-refractivity contribution is -0.167. The van der Waals surface area contributed by atoms with Crippen LogP contribution < -0.4 is 0 Å². The molecule has 0 heterocycles. The first-order chi connectivity index (χ1) is 41.0. The number of hydrogen-bond donors (Lipinski definition) is 0. The van der Waals surface area contributed by atoms with Crippen molar-refractivity contribution < 1.29 is 28.6 Å². The number of hydrogen-bond acceptors (Lipinski definition) is 6. The van der Waals surface area contributed by atoms with Crippen molar-refractivity contribution in [2.24, 2.45) is 0 Å². The third kappa shape index (κ3) is 68.0. The van der Waals surface area contributed by atoms with Gasteiger partial charge < -0.3 is 14.2 Å². The lowest BCUT2D eigenvalue weighted by Crippen LogP contribution is -2.30. The number of carbonyl (C=O) groups excluding carboxylic acids is 3. The molecule has 470 valence electrons. The van der Waals surface area contributed by atoms with Crippen LogP contribution in [0.15, 0.2) is 146 Å². The fourth-order valence-electron chi connectivity index (χ4n) is 9.23. The summed E-state index contributed by atoms with van der Waals surface area (Å²) >= 11 is 0. The van der Waals surface area contributed by atoms with Crippen molar-refractivity contribution in [3.8, 4) is 0 Å². The third-order valence-corrected chi connectivity index (χ3v) is 14.3. The van der Waals surface area contributed by atoms with Gasteiger partial charge in [0, 0.05) is 19.3 Å². The van der Waals surface area contributed by atoms with Crippen molar-refractivity contribution in [2.75, 3.05) is 13.2 Å². The molecule has 0 radical (unpaired) electrons. The highest BCUT2D eigenvalue weighted by molar-refractivity contribution is 5.71. The SMILES string of the molecule is CC/C=C\C/C=C\C/C=C\C/C=C\C/C=C\C/C=C\C/C=C\C/C=C\CCCCCCC(=O)OCC(COC(=O)CCCCCCC/C=C\C/C=C\C/C=C\CC)OC(=O)CCCCCCCCCCC/C=C\CCCCCCCCCC. The number of esters is 3. The molecule has 0 aromatic carbocycles. The molecule has 0 aromatic rings. The average molecular weight is 1150 g/mol. The van der Waals surface area contributed by atoms with Gasteiger partial charge in [0.1, 0.15) is 13.2 Å². The van der Waals surface area contributed by atoms with Gasteiger partial charge in [-0.3, -0.25) is 14.4 Å². The number of carbonyl (C=O) groups is 3. The zero-order valence-electron chi connectivity index (χ0n) is 53.9. The molecule has 0 aliphatic carbocycles. The van der Waals surface area contributed by atoms with Crippen molar-refractivity contribution in [1.29, 1.82) is 0 Å². The number of allylic oxidation sites excluding steroid dienone is 24. The summed E-state index contributed by atoms with van der Waals surface area (Å²) in [5.74, 6) is -0.939. The van der Waals surface area contributed by atoms with E-state index in [0.29, 0.717) is 19.3 Å². The zero-order chi connectivity index (χ0) is 59.9. The Bertz CT molecular complexity index is 1800. The molecule has 6 nitrogen and oxygen atoms in total. The quantitative estimate of drug-likeness (QED) is 0.0261. The molecule has 0 bridgehead atoms. The Hall–Kier alpha value is -4.71. The standard InChI is InChI=1S/C77H126O6/c1-4-7-10-13-16-19-22-25-28-30-32-34-35-36-37-38-39-40-41-43-44-46-49-52-55-58-61-64-67-70-76(79)82-73-74(72-81-75(78)69-66-63-60-57-54-51-48-27-24-21-18-15-12-9-6-3)83-77(80)71-68-65-62-59-56-53-50-47-45-42-33-31-29-26-23-20-17-14-11-8-5-2/h7,9-10,12,16,18-19,21,25,27-28,31-34,36-37,39-40,43-44,48-49,52,74H,4-6,8,11,13-15,17,20,22-24,26,29-30,35,38,41-42,45-47,50-51,53-73H2,1-3H3/b10-7-,12-9-,19-16-,21-18-,28-25-,33-31-,34-32-,37-36-,40-39-,44-43-,48-27-,52-49-. The molecule has 6 heteroatoms. The summed E-state index contributed by atoms with van der Waals surface area (Å²) in [6, 6.07) is 0. The van der Waals surface area contributed by atoms with Crippen molar-refractivity contribution >= 4 is 17.9 Å². The first-order valence-electron chi connectivity index (χ1n) is 34.3. The van der Waals surface area contributed by atoms with Gasteiger partial charge >= 0.3 is 17.9 Å². The highest BCUT2D eigenvalue weighted by Crippen LogP contribution is 2.15. The van der Waals surface area contributed by atoms with E-state index in [0.717, 1.165) is 161 Å². The van der Waals surface area contributed by atoms with Gasteiger partial charge in [-0.05, 0) is 141 Å². The third-order valence-electron chi connectivity index (χ3n) is 14.3. The van der Waals surface area contributed by atoms with Crippen LogP contribution in [0.2, 0.25) is 0 Å². The Kier molecular flexibility index (Phi) is 65.8. The second-order valence-electron chi connectivity index (χ2n) is 22.3. The molecule has 0 fully saturated rings. The average Bonchev–Trinajstić information content (AvgIpc) is 3.49. The van der Waals surface area contributed by atoms with E-state index in [4.69, 9.17) is 14.2 Å². The Labute approximate surface area is 512 Å². The highest BCUT2D eigenvalue weighted by Gasteiger charge is 2.19. The summed E-state index contributed by atoms with van der Waals surface area (Å²) in [5, 5.41) is 0. The first-order valence-corrected chi connectivity index (χ1v) is 34.3. The van der Waals surface area contributed by atoms with Gasteiger partial charge in [-0.1, -0.05) is 289 Å². The van der Waals surface area contributed by atoms with Gasteiger partial charge in [0.15, 0.2) is 6.10 Å².